The molecule has 0 amide bonds. The van der Waals surface area contributed by atoms with Gasteiger partial charge in [0.2, 0.25) is 5.28 Å². The molecule has 5 heteroatoms. The molecule has 0 bridgehead atoms. The number of nitrogens with zero attached hydrogens (tertiary/aromatic N) is 3. The molecule has 1 aliphatic rings. The molecule has 2 aromatic rings. The van der Waals surface area contributed by atoms with Gasteiger partial charge in [0.1, 0.15) is 5.82 Å². The lowest BCUT2D eigenvalue weighted by Crippen LogP contribution is -2.30. The molecule has 1 unspecified atom stereocenters. The number of benzene rings is 1. The van der Waals surface area contributed by atoms with E-state index in [0.717, 1.165) is 48.9 Å². The second kappa shape index (κ2) is 5.94. The highest BCUT2D eigenvalue weighted by molar-refractivity contribution is 6.28. The summed E-state index contributed by atoms with van der Waals surface area (Å²) < 4.78 is 0. The van der Waals surface area contributed by atoms with Crippen LogP contribution in [0, 0.1) is 0 Å². The van der Waals surface area contributed by atoms with Gasteiger partial charge in [0.15, 0.2) is 0 Å². The van der Waals surface area contributed by atoms with Crippen LogP contribution in [0.3, 0.4) is 0 Å². The number of fused-ring (bicyclic) bond motifs is 1. The topological polar surface area (TPSA) is 49.2 Å². The second-order valence-electron chi connectivity index (χ2n) is 5.19. The summed E-state index contributed by atoms with van der Waals surface area (Å²) in [6.07, 6.45) is 4.13. The fourth-order valence-electron chi connectivity index (χ4n) is 2.99. The van der Waals surface area contributed by atoms with Gasteiger partial charge in [-0.25, -0.2) is 4.98 Å². The van der Waals surface area contributed by atoms with Crippen molar-refractivity contribution in [3.63, 3.8) is 0 Å². The van der Waals surface area contributed by atoms with Gasteiger partial charge in [-0.05, 0) is 49.4 Å². The van der Waals surface area contributed by atoms with E-state index in [9.17, 15) is 0 Å². The van der Waals surface area contributed by atoms with E-state index in [-0.39, 0.29) is 6.61 Å². The highest BCUT2D eigenvalue weighted by Crippen LogP contribution is 2.32. The van der Waals surface area contributed by atoms with Crippen molar-refractivity contribution in [2.24, 2.45) is 0 Å². The fourth-order valence-corrected chi connectivity index (χ4v) is 3.16. The third kappa shape index (κ3) is 2.58. The van der Waals surface area contributed by atoms with Crippen LogP contribution in [0.4, 0.5) is 5.82 Å². The summed E-state index contributed by atoms with van der Waals surface area (Å²) >= 11 is 6.07. The number of halogens is 1. The molecular weight excluding hydrogens is 274 g/mol. The molecule has 1 atom stereocenters. The van der Waals surface area contributed by atoms with Crippen molar-refractivity contribution >= 4 is 28.3 Å². The zero-order chi connectivity index (χ0) is 13.9. The van der Waals surface area contributed by atoms with E-state index >= 15 is 0 Å². The number of hydrogen-bond donors (Lipinski definition) is 1. The summed E-state index contributed by atoms with van der Waals surface area (Å²) in [7, 11) is 0. The first kappa shape index (κ1) is 13.6. The SMILES string of the molecule is OCCCC1CCCN1c1nc(Cl)nc2ccccc12. The number of aromatic nitrogens is 2. The summed E-state index contributed by atoms with van der Waals surface area (Å²) in [5.74, 6) is 0.932. The summed E-state index contributed by atoms with van der Waals surface area (Å²) in [4.78, 5) is 11.1. The monoisotopic (exact) mass is 291 g/mol. The Morgan fingerprint density at radius 2 is 2.15 bits per heavy atom. The van der Waals surface area contributed by atoms with Crippen LogP contribution in [0.1, 0.15) is 25.7 Å². The quantitative estimate of drug-likeness (QED) is 0.880. The third-order valence-corrected chi connectivity index (χ3v) is 4.07. The molecular formula is C15H18ClN3O. The summed E-state index contributed by atoms with van der Waals surface area (Å²) in [5.41, 5.74) is 0.885. The highest BCUT2D eigenvalue weighted by Gasteiger charge is 2.27. The maximum atomic E-state index is 9.03. The molecule has 0 radical (unpaired) electrons. The van der Waals surface area contributed by atoms with Gasteiger partial charge in [0, 0.05) is 24.6 Å². The summed E-state index contributed by atoms with van der Waals surface area (Å²) in [6, 6.07) is 8.41. The van der Waals surface area contributed by atoms with Crippen molar-refractivity contribution in [3.8, 4) is 0 Å². The summed E-state index contributed by atoms with van der Waals surface area (Å²) in [5, 5.41) is 10.4. The normalized spacial score (nSPS) is 18.9. The van der Waals surface area contributed by atoms with Crippen LogP contribution in [0.25, 0.3) is 10.9 Å². The predicted molar refractivity (Wildman–Crippen MR) is 81.2 cm³/mol. The lowest BCUT2D eigenvalue weighted by Gasteiger charge is -2.26. The minimum Gasteiger partial charge on any atom is -0.396 e. The molecule has 1 aliphatic heterocycles. The molecule has 0 aliphatic carbocycles. The van der Waals surface area contributed by atoms with Crippen LogP contribution in [0.2, 0.25) is 5.28 Å². The largest absolute Gasteiger partial charge is 0.396 e. The van der Waals surface area contributed by atoms with Gasteiger partial charge in [-0.3, -0.25) is 0 Å². The Kier molecular flexibility index (Phi) is 4.03. The molecule has 1 aromatic heterocycles. The number of anilines is 1. The van der Waals surface area contributed by atoms with Crippen molar-refractivity contribution < 1.29 is 5.11 Å². The van der Waals surface area contributed by atoms with E-state index in [4.69, 9.17) is 16.7 Å². The van der Waals surface area contributed by atoms with Crippen molar-refractivity contribution in [2.75, 3.05) is 18.1 Å². The Hall–Kier alpha value is -1.39. The molecule has 20 heavy (non-hydrogen) atoms. The lowest BCUT2D eigenvalue weighted by atomic mass is 10.1. The van der Waals surface area contributed by atoms with Gasteiger partial charge in [0.05, 0.1) is 5.52 Å². The summed E-state index contributed by atoms with van der Waals surface area (Å²) in [6.45, 7) is 1.24. The number of para-hydroxylation sites is 1. The maximum absolute atomic E-state index is 9.03. The first-order chi connectivity index (χ1) is 9.79. The first-order valence-electron chi connectivity index (χ1n) is 7.09. The van der Waals surface area contributed by atoms with Gasteiger partial charge in [0.25, 0.3) is 0 Å². The van der Waals surface area contributed by atoms with Crippen LogP contribution >= 0.6 is 11.6 Å². The van der Waals surface area contributed by atoms with Gasteiger partial charge in [-0.15, -0.1) is 0 Å². The van der Waals surface area contributed by atoms with Gasteiger partial charge in [-0.2, -0.15) is 4.98 Å². The van der Waals surface area contributed by atoms with E-state index in [1.54, 1.807) is 0 Å². The Bertz CT molecular complexity index is 605. The van der Waals surface area contributed by atoms with E-state index in [1.807, 2.05) is 24.3 Å². The molecule has 3 rings (SSSR count). The smallest absolute Gasteiger partial charge is 0.224 e. The number of hydrogen-bond acceptors (Lipinski definition) is 4. The van der Waals surface area contributed by atoms with Crippen LogP contribution in [-0.2, 0) is 0 Å². The van der Waals surface area contributed by atoms with Crippen molar-refractivity contribution in [2.45, 2.75) is 31.7 Å². The van der Waals surface area contributed by atoms with Gasteiger partial charge in [-0.1, -0.05) is 12.1 Å². The van der Waals surface area contributed by atoms with Gasteiger partial charge < -0.3 is 10.0 Å². The lowest BCUT2D eigenvalue weighted by molar-refractivity contribution is 0.279. The molecule has 106 valence electrons. The number of aliphatic hydroxyl groups excluding tert-OH is 1. The van der Waals surface area contributed by atoms with Crippen LogP contribution in [-0.4, -0.2) is 34.3 Å². The van der Waals surface area contributed by atoms with E-state index in [0.29, 0.717) is 11.3 Å². The Morgan fingerprint density at radius 3 is 3.00 bits per heavy atom. The Morgan fingerprint density at radius 1 is 1.30 bits per heavy atom. The van der Waals surface area contributed by atoms with Crippen molar-refractivity contribution in [3.05, 3.63) is 29.5 Å². The van der Waals surface area contributed by atoms with Gasteiger partial charge >= 0.3 is 0 Å². The zero-order valence-electron chi connectivity index (χ0n) is 11.3. The first-order valence-corrected chi connectivity index (χ1v) is 7.47. The molecule has 1 N–H and O–H groups in total. The molecule has 1 fully saturated rings. The Balaban J connectivity index is 2.00. The maximum Gasteiger partial charge on any atom is 0.224 e. The zero-order valence-corrected chi connectivity index (χ0v) is 12.1. The highest BCUT2D eigenvalue weighted by atomic mass is 35.5. The fraction of sp³-hybridized carbons (Fsp3) is 0.467. The molecule has 4 nitrogen and oxygen atoms in total. The average Bonchev–Trinajstić information content (AvgIpc) is 2.92. The van der Waals surface area contributed by atoms with Crippen molar-refractivity contribution in [1.29, 1.82) is 0 Å². The second-order valence-corrected chi connectivity index (χ2v) is 5.53. The number of aliphatic hydroxyl groups is 1. The molecule has 1 saturated heterocycles. The molecule has 1 aromatic carbocycles. The average molecular weight is 292 g/mol. The van der Waals surface area contributed by atoms with Crippen molar-refractivity contribution in [1.82, 2.24) is 9.97 Å². The van der Waals surface area contributed by atoms with E-state index < -0.39 is 0 Å². The minimum atomic E-state index is 0.246. The van der Waals surface area contributed by atoms with E-state index in [1.165, 1.54) is 0 Å². The minimum absolute atomic E-state index is 0.246. The molecule has 0 spiro atoms. The van der Waals surface area contributed by atoms with Crippen LogP contribution < -0.4 is 4.90 Å². The number of rotatable bonds is 4. The van der Waals surface area contributed by atoms with Crippen LogP contribution in [0.5, 0.6) is 0 Å². The van der Waals surface area contributed by atoms with E-state index in [2.05, 4.69) is 14.9 Å². The third-order valence-electron chi connectivity index (χ3n) is 3.90. The standard InChI is InChI=1S/C15H18ClN3O/c16-15-17-13-8-2-1-7-12(13)14(18-15)19-9-3-5-11(19)6-4-10-20/h1-2,7-8,11,20H,3-6,9-10H2. The predicted octanol–water partition coefficient (Wildman–Crippen LogP) is 3.02. The Labute approximate surface area is 123 Å². The molecule has 0 saturated carbocycles. The van der Waals surface area contributed by atoms with Crippen LogP contribution in [0.15, 0.2) is 24.3 Å². The molecule has 2 heterocycles.